The summed E-state index contributed by atoms with van der Waals surface area (Å²) in [6.45, 7) is 2.60. The van der Waals surface area contributed by atoms with E-state index in [1.165, 1.54) is 13.8 Å². The number of ether oxygens (including phenoxy) is 2. The Hall–Kier alpha value is -1.18. The van der Waals surface area contributed by atoms with Gasteiger partial charge in [-0.3, -0.25) is 9.59 Å². The van der Waals surface area contributed by atoms with Crippen LogP contribution in [0.2, 0.25) is 0 Å². The van der Waals surface area contributed by atoms with Crippen molar-refractivity contribution >= 4 is 11.9 Å². The molecule has 0 rings (SSSR count). The Morgan fingerprint density at radius 1 is 1.12 bits per heavy atom. The van der Waals surface area contributed by atoms with Crippen LogP contribution in [-0.4, -0.2) is 53.6 Å². The fraction of sp³-hybridized carbons (Fsp3) is 0.800. The van der Waals surface area contributed by atoms with Crippen molar-refractivity contribution in [1.29, 1.82) is 0 Å². The van der Waals surface area contributed by atoms with Gasteiger partial charge in [-0.15, -0.1) is 0 Å². The fourth-order valence-electron chi connectivity index (χ4n) is 0.845. The smallest absolute Gasteiger partial charge is 0.323 e. The summed E-state index contributed by atoms with van der Waals surface area (Å²) in [5, 5.41) is 17.7. The van der Waals surface area contributed by atoms with E-state index >= 15 is 0 Å². The number of nitrogens with two attached hydrogens (primary N) is 1. The zero-order valence-corrected chi connectivity index (χ0v) is 9.96. The molecule has 0 saturated carbocycles. The molecular weight excluding hydrogens is 230 g/mol. The zero-order chi connectivity index (χ0) is 13.4. The van der Waals surface area contributed by atoms with E-state index in [9.17, 15) is 9.59 Å². The summed E-state index contributed by atoms with van der Waals surface area (Å²) in [5.41, 5.74) is 5.39. The number of hydrogen-bond acceptors (Lipinski definition) is 7. The summed E-state index contributed by atoms with van der Waals surface area (Å²) in [6, 6.07) is -1.13. The Bertz CT molecular complexity index is 253. The molecule has 0 aromatic rings. The molecule has 0 aliphatic carbocycles. The van der Waals surface area contributed by atoms with Crippen molar-refractivity contribution in [3.8, 4) is 0 Å². The Balaban J connectivity index is 3.86. The highest BCUT2D eigenvalue weighted by atomic mass is 16.5. The number of hydrogen-bond donors (Lipinski definition) is 3. The third kappa shape index (κ3) is 8.61. The van der Waals surface area contributed by atoms with E-state index in [0.29, 0.717) is 0 Å². The number of rotatable bonds is 7. The van der Waals surface area contributed by atoms with Gasteiger partial charge in [-0.05, 0) is 13.8 Å². The predicted octanol–water partition coefficient (Wildman–Crippen LogP) is -1.45. The largest absolute Gasteiger partial charge is 0.463 e. The highest BCUT2D eigenvalue weighted by Crippen LogP contribution is 1.97. The first kappa shape index (κ1) is 15.8. The Labute approximate surface area is 99.5 Å². The van der Waals surface area contributed by atoms with Crippen molar-refractivity contribution in [2.45, 2.75) is 38.5 Å². The van der Waals surface area contributed by atoms with E-state index in [1.54, 1.807) is 0 Å². The average molecular weight is 249 g/mol. The lowest BCUT2D eigenvalue weighted by Gasteiger charge is -2.12. The summed E-state index contributed by atoms with van der Waals surface area (Å²) < 4.78 is 9.24. The van der Waals surface area contributed by atoms with Crippen LogP contribution in [0.3, 0.4) is 0 Å². The highest BCUT2D eigenvalue weighted by molar-refractivity contribution is 5.82. The van der Waals surface area contributed by atoms with Crippen LogP contribution in [0.15, 0.2) is 0 Å². The molecule has 0 spiro atoms. The molecule has 0 heterocycles. The Morgan fingerprint density at radius 3 is 2.06 bits per heavy atom. The summed E-state index contributed by atoms with van der Waals surface area (Å²) in [4.78, 5) is 22.3. The molecule has 0 amide bonds. The molecule has 0 fully saturated rings. The Kier molecular flexibility index (Phi) is 7.44. The first-order valence-electron chi connectivity index (χ1n) is 5.27. The number of carbonyl (C=O) groups is 2. The van der Waals surface area contributed by atoms with Gasteiger partial charge in [-0.25, -0.2) is 0 Å². The van der Waals surface area contributed by atoms with E-state index < -0.39 is 30.2 Å². The fourth-order valence-corrected chi connectivity index (χ4v) is 0.845. The molecule has 0 radical (unpaired) electrons. The van der Waals surface area contributed by atoms with E-state index in [2.05, 4.69) is 9.47 Å². The lowest BCUT2D eigenvalue weighted by atomic mass is 10.2. The quantitative estimate of drug-likeness (QED) is 0.472. The van der Waals surface area contributed by atoms with Gasteiger partial charge in [-0.1, -0.05) is 0 Å². The predicted molar refractivity (Wildman–Crippen MR) is 57.9 cm³/mol. The molecule has 7 nitrogen and oxygen atoms in total. The molecule has 0 aromatic heterocycles. The van der Waals surface area contributed by atoms with Gasteiger partial charge in [0.05, 0.1) is 18.6 Å². The molecule has 0 unspecified atom stereocenters. The van der Waals surface area contributed by atoms with E-state index in [0.717, 1.165) is 0 Å². The molecule has 100 valence electrons. The molecule has 0 aromatic carbocycles. The van der Waals surface area contributed by atoms with Crippen molar-refractivity contribution in [3.05, 3.63) is 0 Å². The second-order valence-electron chi connectivity index (χ2n) is 3.82. The summed E-state index contributed by atoms with van der Waals surface area (Å²) in [7, 11) is 0. The van der Waals surface area contributed by atoms with Gasteiger partial charge in [0.25, 0.3) is 0 Å². The maximum atomic E-state index is 11.2. The van der Waals surface area contributed by atoms with Gasteiger partial charge in [0.2, 0.25) is 0 Å². The maximum Gasteiger partial charge on any atom is 0.323 e. The minimum absolute atomic E-state index is 0.145. The summed E-state index contributed by atoms with van der Waals surface area (Å²) >= 11 is 0. The molecule has 0 bridgehead atoms. The van der Waals surface area contributed by atoms with E-state index in [-0.39, 0.29) is 19.6 Å². The van der Waals surface area contributed by atoms with E-state index in [4.69, 9.17) is 15.9 Å². The monoisotopic (exact) mass is 249 g/mol. The zero-order valence-electron chi connectivity index (χ0n) is 9.96. The van der Waals surface area contributed by atoms with Crippen LogP contribution in [0.1, 0.15) is 20.3 Å². The van der Waals surface area contributed by atoms with Crippen LogP contribution in [0.4, 0.5) is 0 Å². The first-order valence-corrected chi connectivity index (χ1v) is 5.27. The van der Waals surface area contributed by atoms with Gasteiger partial charge in [-0.2, -0.15) is 0 Å². The minimum atomic E-state index is -1.13. The van der Waals surface area contributed by atoms with Crippen molar-refractivity contribution in [3.63, 3.8) is 0 Å². The van der Waals surface area contributed by atoms with Crippen LogP contribution in [0.25, 0.3) is 0 Å². The third-order valence-electron chi connectivity index (χ3n) is 1.64. The van der Waals surface area contributed by atoms with Crippen LogP contribution in [0, 0.1) is 0 Å². The number of carbonyl (C=O) groups excluding carboxylic acids is 2. The third-order valence-corrected chi connectivity index (χ3v) is 1.64. The van der Waals surface area contributed by atoms with Gasteiger partial charge in [0.15, 0.2) is 0 Å². The summed E-state index contributed by atoms with van der Waals surface area (Å²) in [6.07, 6.45) is -1.88. The van der Waals surface area contributed by atoms with Gasteiger partial charge >= 0.3 is 11.9 Å². The lowest BCUT2D eigenvalue weighted by Crippen LogP contribution is -2.36. The molecule has 3 atom stereocenters. The number of esters is 2. The second kappa shape index (κ2) is 7.99. The molecule has 0 aliphatic rings. The Morgan fingerprint density at radius 2 is 1.59 bits per heavy atom. The maximum absolute atomic E-state index is 11.2. The van der Waals surface area contributed by atoms with Crippen LogP contribution in [-0.2, 0) is 19.1 Å². The topological polar surface area (TPSA) is 119 Å². The molecule has 17 heavy (non-hydrogen) atoms. The van der Waals surface area contributed by atoms with Crippen LogP contribution in [0.5, 0.6) is 0 Å². The van der Waals surface area contributed by atoms with Gasteiger partial charge in [0, 0.05) is 0 Å². The second-order valence-corrected chi connectivity index (χ2v) is 3.82. The first-order chi connectivity index (χ1) is 7.82. The number of aliphatic hydroxyl groups excluding tert-OH is 2. The molecule has 0 saturated heterocycles. The van der Waals surface area contributed by atoms with Crippen LogP contribution >= 0.6 is 0 Å². The standard InChI is InChI=1S/C10H19NO6/c1-6(12)4-16-9(14)3-8(11)10(15)17-5-7(2)13/h6-8,12-13H,3-5,11H2,1-2H3/t6-,7-,8-/m0/s1. The van der Waals surface area contributed by atoms with Gasteiger partial charge < -0.3 is 25.4 Å². The lowest BCUT2D eigenvalue weighted by molar-refractivity contribution is -0.154. The van der Waals surface area contributed by atoms with Crippen LogP contribution < -0.4 is 5.73 Å². The van der Waals surface area contributed by atoms with Crippen molar-refractivity contribution in [1.82, 2.24) is 0 Å². The van der Waals surface area contributed by atoms with E-state index in [1.807, 2.05) is 0 Å². The number of aliphatic hydroxyl groups is 2. The van der Waals surface area contributed by atoms with Crippen molar-refractivity contribution < 1.29 is 29.3 Å². The van der Waals surface area contributed by atoms with Crippen molar-refractivity contribution in [2.75, 3.05) is 13.2 Å². The normalized spacial score (nSPS) is 15.8. The van der Waals surface area contributed by atoms with Gasteiger partial charge in [0.1, 0.15) is 19.3 Å². The van der Waals surface area contributed by atoms with Crippen molar-refractivity contribution in [2.24, 2.45) is 5.73 Å². The average Bonchev–Trinajstić information content (AvgIpc) is 2.22. The minimum Gasteiger partial charge on any atom is -0.463 e. The molecule has 0 aliphatic heterocycles. The highest BCUT2D eigenvalue weighted by Gasteiger charge is 2.20. The molecular formula is C10H19NO6. The SMILES string of the molecule is C[C@H](O)COC(=O)C[C@H](N)C(=O)OC[C@H](C)O. The summed E-state index contributed by atoms with van der Waals surface area (Å²) in [5.74, 6) is -1.47. The molecule has 4 N–H and O–H groups in total. The molecule has 7 heteroatoms.